The molecule has 0 atom stereocenters. The van der Waals surface area contributed by atoms with Gasteiger partial charge < -0.3 is 15.4 Å². The van der Waals surface area contributed by atoms with Crippen LogP contribution in [0.3, 0.4) is 0 Å². The van der Waals surface area contributed by atoms with Gasteiger partial charge in [-0.2, -0.15) is 0 Å². The maximum absolute atomic E-state index is 13.5. The SMILES string of the molecule is COCCCNC(=O)c1cc(Nc2ccc(F)c(F)c2)nc(-c2ccccc2)n1. The van der Waals surface area contributed by atoms with E-state index < -0.39 is 11.6 Å². The Kier molecular flexibility index (Phi) is 6.80. The number of ether oxygens (including phenoxy) is 1. The van der Waals surface area contributed by atoms with Crippen LogP contribution >= 0.6 is 0 Å². The first-order chi connectivity index (χ1) is 14.1. The fourth-order valence-corrected chi connectivity index (χ4v) is 2.57. The summed E-state index contributed by atoms with van der Waals surface area (Å²) in [6.07, 6.45) is 0.666. The number of amides is 1. The van der Waals surface area contributed by atoms with Crippen molar-refractivity contribution in [3.8, 4) is 11.4 Å². The predicted octanol–water partition coefficient (Wildman–Crippen LogP) is 3.93. The van der Waals surface area contributed by atoms with Gasteiger partial charge in [0.2, 0.25) is 0 Å². The van der Waals surface area contributed by atoms with Crippen molar-refractivity contribution in [2.75, 3.05) is 25.6 Å². The molecule has 2 aromatic carbocycles. The van der Waals surface area contributed by atoms with Crippen molar-refractivity contribution in [1.82, 2.24) is 15.3 Å². The molecule has 8 heteroatoms. The van der Waals surface area contributed by atoms with Gasteiger partial charge in [0.15, 0.2) is 17.5 Å². The van der Waals surface area contributed by atoms with Gasteiger partial charge in [0.05, 0.1) is 0 Å². The lowest BCUT2D eigenvalue weighted by Crippen LogP contribution is -2.26. The number of nitrogens with zero attached hydrogens (tertiary/aromatic N) is 2. The Morgan fingerprint density at radius 3 is 2.55 bits per heavy atom. The van der Waals surface area contributed by atoms with Crippen molar-refractivity contribution in [3.05, 3.63) is 71.9 Å². The molecule has 0 aliphatic heterocycles. The van der Waals surface area contributed by atoms with E-state index in [1.807, 2.05) is 30.3 Å². The minimum atomic E-state index is -0.983. The summed E-state index contributed by atoms with van der Waals surface area (Å²) in [6, 6.07) is 14.0. The molecule has 1 amide bonds. The van der Waals surface area contributed by atoms with Crippen molar-refractivity contribution in [2.24, 2.45) is 0 Å². The number of hydrogen-bond acceptors (Lipinski definition) is 5. The average Bonchev–Trinajstić information content (AvgIpc) is 2.74. The molecular formula is C21H20F2N4O2. The van der Waals surface area contributed by atoms with Gasteiger partial charge in [-0.3, -0.25) is 4.79 Å². The highest BCUT2D eigenvalue weighted by atomic mass is 19.2. The summed E-state index contributed by atoms with van der Waals surface area (Å²) in [7, 11) is 1.59. The minimum absolute atomic E-state index is 0.154. The van der Waals surface area contributed by atoms with Crippen LogP contribution in [-0.4, -0.2) is 36.1 Å². The number of nitrogens with one attached hydrogen (secondary N) is 2. The lowest BCUT2D eigenvalue weighted by atomic mass is 10.2. The van der Waals surface area contributed by atoms with Crippen LogP contribution in [0.4, 0.5) is 20.3 Å². The van der Waals surface area contributed by atoms with Gasteiger partial charge in [0.1, 0.15) is 11.5 Å². The molecule has 2 N–H and O–H groups in total. The van der Waals surface area contributed by atoms with Gasteiger partial charge in [0, 0.05) is 43.6 Å². The summed E-state index contributed by atoms with van der Waals surface area (Å²) in [5.41, 5.74) is 1.17. The number of rotatable bonds is 8. The summed E-state index contributed by atoms with van der Waals surface area (Å²) in [5.74, 6) is -1.68. The molecule has 150 valence electrons. The van der Waals surface area contributed by atoms with Crippen LogP contribution in [0.1, 0.15) is 16.9 Å². The minimum Gasteiger partial charge on any atom is -0.385 e. The Hall–Kier alpha value is -3.39. The smallest absolute Gasteiger partial charge is 0.270 e. The second kappa shape index (κ2) is 9.70. The zero-order valence-corrected chi connectivity index (χ0v) is 15.8. The van der Waals surface area contributed by atoms with E-state index in [1.54, 1.807) is 7.11 Å². The van der Waals surface area contributed by atoms with Gasteiger partial charge >= 0.3 is 0 Å². The van der Waals surface area contributed by atoms with Crippen molar-refractivity contribution < 1.29 is 18.3 Å². The van der Waals surface area contributed by atoms with Crippen LogP contribution in [0.15, 0.2) is 54.6 Å². The maximum atomic E-state index is 13.5. The number of aromatic nitrogens is 2. The number of carbonyl (C=O) groups is 1. The van der Waals surface area contributed by atoms with E-state index in [-0.39, 0.29) is 17.4 Å². The number of methoxy groups -OCH3 is 1. The highest BCUT2D eigenvalue weighted by Gasteiger charge is 2.13. The first kappa shape index (κ1) is 20.3. The summed E-state index contributed by atoms with van der Waals surface area (Å²) in [5, 5.41) is 5.67. The van der Waals surface area contributed by atoms with E-state index in [2.05, 4.69) is 20.6 Å². The first-order valence-corrected chi connectivity index (χ1v) is 9.00. The monoisotopic (exact) mass is 398 g/mol. The fourth-order valence-electron chi connectivity index (χ4n) is 2.57. The maximum Gasteiger partial charge on any atom is 0.270 e. The van der Waals surface area contributed by atoms with Gasteiger partial charge in [-0.1, -0.05) is 30.3 Å². The molecule has 3 aromatic rings. The molecule has 0 saturated carbocycles. The Bertz CT molecular complexity index is 984. The predicted molar refractivity (Wildman–Crippen MR) is 106 cm³/mol. The zero-order chi connectivity index (χ0) is 20.6. The van der Waals surface area contributed by atoms with E-state index in [0.717, 1.165) is 17.7 Å². The Labute approximate surface area is 167 Å². The Morgan fingerprint density at radius 1 is 1.03 bits per heavy atom. The molecule has 0 unspecified atom stereocenters. The quantitative estimate of drug-likeness (QED) is 0.563. The number of benzene rings is 2. The topological polar surface area (TPSA) is 76.1 Å². The van der Waals surface area contributed by atoms with Gasteiger partial charge in [0.25, 0.3) is 5.91 Å². The normalized spacial score (nSPS) is 10.6. The van der Waals surface area contributed by atoms with Gasteiger partial charge in [-0.05, 0) is 18.6 Å². The molecule has 0 radical (unpaired) electrons. The number of carbonyl (C=O) groups excluding carboxylic acids is 1. The fraction of sp³-hybridized carbons (Fsp3) is 0.190. The molecule has 3 rings (SSSR count). The van der Waals surface area contributed by atoms with Crippen LogP contribution in [0, 0.1) is 11.6 Å². The number of halogens is 2. The Morgan fingerprint density at radius 2 is 1.83 bits per heavy atom. The number of hydrogen-bond donors (Lipinski definition) is 2. The molecule has 6 nitrogen and oxygen atoms in total. The van der Waals surface area contributed by atoms with E-state index in [1.165, 1.54) is 12.1 Å². The summed E-state index contributed by atoms with van der Waals surface area (Å²) in [6.45, 7) is 0.964. The standard InChI is InChI=1S/C21H20F2N4O2/c1-29-11-5-10-24-21(28)18-13-19(25-15-8-9-16(22)17(23)12-15)27-20(26-18)14-6-3-2-4-7-14/h2-4,6-9,12-13H,5,10-11H2,1H3,(H,24,28)(H,25,26,27). The van der Waals surface area contributed by atoms with Crippen LogP contribution < -0.4 is 10.6 Å². The lowest BCUT2D eigenvalue weighted by molar-refractivity contribution is 0.0943. The van der Waals surface area contributed by atoms with Crippen LogP contribution in [0.25, 0.3) is 11.4 Å². The van der Waals surface area contributed by atoms with E-state index in [9.17, 15) is 13.6 Å². The van der Waals surface area contributed by atoms with Crippen molar-refractivity contribution in [3.63, 3.8) is 0 Å². The summed E-state index contributed by atoms with van der Waals surface area (Å²) in [4.78, 5) is 21.3. The Balaban J connectivity index is 1.90. The van der Waals surface area contributed by atoms with Crippen LogP contribution in [0.2, 0.25) is 0 Å². The summed E-state index contributed by atoms with van der Waals surface area (Å²) >= 11 is 0. The van der Waals surface area contributed by atoms with Crippen molar-refractivity contribution in [1.29, 1.82) is 0 Å². The molecule has 1 heterocycles. The second-order valence-electron chi connectivity index (χ2n) is 6.18. The zero-order valence-electron chi connectivity index (χ0n) is 15.8. The molecule has 29 heavy (non-hydrogen) atoms. The van der Waals surface area contributed by atoms with Gasteiger partial charge in [-0.15, -0.1) is 0 Å². The largest absolute Gasteiger partial charge is 0.385 e. The molecule has 0 fully saturated rings. The molecule has 0 spiro atoms. The lowest BCUT2D eigenvalue weighted by Gasteiger charge is -2.11. The highest BCUT2D eigenvalue weighted by molar-refractivity contribution is 5.93. The molecule has 0 saturated heterocycles. The molecule has 1 aromatic heterocycles. The third-order valence-corrected chi connectivity index (χ3v) is 3.99. The molecule has 0 bridgehead atoms. The van der Waals surface area contributed by atoms with Crippen LogP contribution in [0.5, 0.6) is 0 Å². The molecule has 0 aliphatic rings. The average molecular weight is 398 g/mol. The van der Waals surface area contributed by atoms with E-state index in [0.29, 0.717) is 31.1 Å². The van der Waals surface area contributed by atoms with Crippen molar-refractivity contribution in [2.45, 2.75) is 6.42 Å². The molecular weight excluding hydrogens is 378 g/mol. The second-order valence-corrected chi connectivity index (χ2v) is 6.18. The van der Waals surface area contributed by atoms with E-state index in [4.69, 9.17) is 4.74 Å². The van der Waals surface area contributed by atoms with Gasteiger partial charge in [-0.25, -0.2) is 18.7 Å². The third-order valence-electron chi connectivity index (χ3n) is 3.99. The summed E-state index contributed by atoms with van der Waals surface area (Å²) < 4.78 is 31.7. The van der Waals surface area contributed by atoms with E-state index >= 15 is 0 Å². The number of anilines is 2. The molecule has 0 aliphatic carbocycles. The third kappa shape index (κ3) is 5.55. The first-order valence-electron chi connectivity index (χ1n) is 9.00. The van der Waals surface area contributed by atoms with Crippen LogP contribution in [-0.2, 0) is 4.74 Å². The van der Waals surface area contributed by atoms with Crippen molar-refractivity contribution >= 4 is 17.4 Å². The highest BCUT2D eigenvalue weighted by Crippen LogP contribution is 2.22.